The lowest BCUT2D eigenvalue weighted by Gasteiger charge is -2.19. The smallest absolute Gasteiger partial charge is 0.240 e. The molecule has 2 atom stereocenters. The molecule has 2 heterocycles. The van der Waals surface area contributed by atoms with Crippen LogP contribution in [0.4, 0.5) is 5.69 Å². The van der Waals surface area contributed by atoms with Gasteiger partial charge in [0.05, 0.1) is 15.7 Å². The van der Waals surface area contributed by atoms with Gasteiger partial charge in [0, 0.05) is 24.6 Å². The van der Waals surface area contributed by atoms with Gasteiger partial charge in [-0.15, -0.1) is 0 Å². The molecule has 2 aromatic carbocycles. The number of rotatable bonds is 7. The van der Waals surface area contributed by atoms with Crippen molar-refractivity contribution in [3.63, 3.8) is 0 Å². The number of amides is 1. The van der Waals surface area contributed by atoms with E-state index in [9.17, 15) is 21.6 Å². The van der Waals surface area contributed by atoms with E-state index in [2.05, 4.69) is 15.0 Å². The molecule has 8 nitrogen and oxygen atoms in total. The van der Waals surface area contributed by atoms with Gasteiger partial charge < -0.3 is 5.32 Å². The quantitative estimate of drug-likeness (QED) is 0.546. The van der Waals surface area contributed by atoms with E-state index in [-0.39, 0.29) is 22.2 Å². The molecule has 10 heteroatoms. The van der Waals surface area contributed by atoms with Gasteiger partial charge in [0.2, 0.25) is 15.9 Å². The molecule has 0 saturated carbocycles. The van der Waals surface area contributed by atoms with E-state index >= 15 is 0 Å². The largest absolute Gasteiger partial charge is 0.325 e. The molecule has 0 radical (unpaired) electrons. The summed E-state index contributed by atoms with van der Waals surface area (Å²) in [7, 11) is -7.95. The second-order valence-electron chi connectivity index (χ2n) is 7.44. The number of benzene rings is 2. The van der Waals surface area contributed by atoms with E-state index < -0.39 is 31.0 Å². The molecule has 0 fully saturated rings. The SMILES string of the molecule is CC1C(=O)Nc2ccc(S(=O)(=O)NCC(c3cccnc3)S(=O)(=O)c3ccccc3)cc21. The van der Waals surface area contributed by atoms with E-state index in [0.717, 1.165) is 0 Å². The number of fused-ring (bicyclic) bond motifs is 1. The van der Waals surface area contributed by atoms with E-state index in [0.29, 0.717) is 16.8 Å². The number of nitrogens with zero attached hydrogens (tertiary/aromatic N) is 1. The third kappa shape index (κ3) is 4.16. The second-order valence-corrected chi connectivity index (χ2v) is 11.3. The first-order valence-electron chi connectivity index (χ1n) is 9.83. The number of sulfone groups is 1. The van der Waals surface area contributed by atoms with Crippen LogP contribution >= 0.6 is 0 Å². The second kappa shape index (κ2) is 8.45. The number of aromatic nitrogens is 1. The summed E-state index contributed by atoms with van der Waals surface area (Å²) < 4.78 is 55.0. The van der Waals surface area contributed by atoms with Crippen LogP contribution in [-0.2, 0) is 24.7 Å². The summed E-state index contributed by atoms with van der Waals surface area (Å²) in [5.74, 6) is -0.671. The molecule has 1 aliphatic heterocycles. The third-order valence-electron chi connectivity index (χ3n) is 5.41. The van der Waals surface area contributed by atoms with E-state index in [1.54, 1.807) is 37.3 Å². The van der Waals surface area contributed by atoms with E-state index in [1.807, 2.05) is 0 Å². The van der Waals surface area contributed by atoms with Crippen LogP contribution in [0.3, 0.4) is 0 Å². The fourth-order valence-corrected chi connectivity index (χ4v) is 6.43. The van der Waals surface area contributed by atoms with Gasteiger partial charge in [-0.1, -0.05) is 24.3 Å². The molecule has 4 rings (SSSR count). The maximum atomic E-state index is 13.3. The summed E-state index contributed by atoms with van der Waals surface area (Å²) in [6, 6.07) is 15.4. The number of pyridine rings is 1. The Labute approximate surface area is 186 Å². The summed E-state index contributed by atoms with van der Waals surface area (Å²) in [5.41, 5.74) is 1.52. The van der Waals surface area contributed by atoms with Gasteiger partial charge in [0.1, 0.15) is 5.25 Å². The van der Waals surface area contributed by atoms with Gasteiger partial charge in [-0.25, -0.2) is 21.6 Å². The summed E-state index contributed by atoms with van der Waals surface area (Å²) in [5, 5.41) is 1.52. The highest BCUT2D eigenvalue weighted by Gasteiger charge is 2.32. The first kappa shape index (κ1) is 22.1. The third-order valence-corrected chi connectivity index (χ3v) is 8.95. The molecule has 3 aromatic rings. The first-order valence-corrected chi connectivity index (χ1v) is 12.9. The molecule has 0 aliphatic carbocycles. The zero-order valence-corrected chi connectivity index (χ0v) is 18.7. The number of hydrogen-bond acceptors (Lipinski definition) is 6. The van der Waals surface area contributed by atoms with Gasteiger partial charge in [-0.3, -0.25) is 9.78 Å². The van der Waals surface area contributed by atoms with Crippen LogP contribution in [0.1, 0.15) is 29.2 Å². The minimum atomic E-state index is -4.04. The van der Waals surface area contributed by atoms with E-state index in [4.69, 9.17) is 0 Å². The van der Waals surface area contributed by atoms with Crippen molar-refractivity contribution in [3.8, 4) is 0 Å². The van der Waals surface area contributed by atoms with Crippen molar-refractivity contribution in [1.29, 1.82) is 0 Å². The number of anilines is 1. The molecule has 0 bridgehead atoms. The van der Waals surface area contributed by atoms with Crippen molar-refractivity contribution in [1.82, 2.24) is 9.71 Å². The van der Waals surface area contributed by atoms with Gasteiger partial charge in [0.25, 0.3) is 0 Å². The number of hydrogen-bond donors (Lipinski definition) is 2. The molecule has 1 aromatic heterocycles. The van der Waals surface area contributed by atoms with Crippen molar-refractivity contribution in [3.05, 3.63) is 84.2 Å². The van der Waals surface area contributed by atoms with Crippen molar-refractivity contribution in [2.75, 3.05) is 11.9 Å². The van der Waals surface area contributed by atoms with Crippen LogP contribution in [-0.4, -0.2) is 34.3 Å². The summed E-state index contributed by atoms with van der Waals surface area (Å²) >= 11 is 0. The predicted octanol–water partition coefficient (Wildman–Crippen LogP) is 2.63. The van der Waals surface area contributed by atoms with E-state index in [1.165, 1.54) is 42.7 Å². The highest BCUT2D eigenvalue weighted by Crippen LogP contribution is 2.34. The lowest BCUT2D eigenvalue weighted by atomic mass is 10.0. The van der Waals surface area contributed by atoms with Crippen LogP contribution in [0.15, 0.2) is 82.8 Å². The van der Waals surface area contributed by atoms with Gasteiger partial charge in [0.15, 0.2) is 9.84 Å². The summed E-state index contributed by atoms with van der Waals surface area (Å²) in [6.07, 6.45) is 2.93. The maximum absolute atomic E-state index is 13.3. The maximum Gasteiger partial charge on any atom is 0.240 e. The first-order chi connectivity index (χ1) is 15.2. The normalized spacial score (nSPS) is 16.9. The molecule has 1 amide bonds. The molecule has 0 saturated heterocycles. The molecule has 2 unspecified atom stereocenters. The molecular formula is C22H21N3O5S2. The number of carbonyl (C=O) groups is 1. The Bertz CT molecular complexity index is 1360. The van der Waals surface area contributed by atoms with Crippen molar-refractivity contribution in [2.45, 2.75) is 27.9 Å². The summed E-state index contributed by atoms with van der Waals surface area (Å²) in [4.78, 5) is 15.9. The van der Waals surface area contributed by atoms with Crippen LogP contribution in [0.5, 0.6) is 0 Å². The Hall–Kier alpha value is -3.08. The number of carbonyl (C=O) groups excluding carboxylic acids is 1. The highest BCUT2D eigenvalue weighted by molar-refractivity contribution is 7.92. The van der Waals surface area contributed by atoms with Gasteiger partial charge >= 0.3 is 0 Å². The minimum Gasteiger partial charge on any atom is -0.325 e. The average molecular weight is 472 g/mol. The molecule has 166 valence electrons. The van der Waals surface area contributed by atoms with Crippen molar-refractivity contribution < 1.29 is 21.6 Å². The topological polar surface area (TPSA) is 122 Å². The summed E-state index contributed by atoms with van der Waals surface area (Å²) in [6.45, 7) is 1.31. The molecule has 0 spiro atoms. The lowest BCUT2D eigenvalue weighted by Crippen LogP contribution is -2.32. The van der Waals surface area contributed by atoms with Crippen LogP contribution in [0.2, 0.25) is 0 Å². The monoisotopic (exact) mass is 471 g/mol. The Morgan fingerprint density at radius 3 is 2.44 bits per heavy atom. The van der Waals surface area contributed by atoms with Gasteiger partial charge in [-0.05, 0) is 54.4 Å². The number of nitrogens with one attached hydrogen (secondary N) is 2. The van der Waals surface area contributed by atoms with Crippen LogP contribution < -0.4 is 10.0 Å². The van der Waals surface area contributed by atoms with Crippen molar-refractivity contribution in [2.24, 2.45) is 0 Å². The van der Waals surface area contributed by atoms with Gasteiger partial charge in [-0.2, -0.15) is 0 Å². The standard InChI is InChI=1S/C22H21N3O5S2/c1-15-19-12-18(9-10-20(19)25-22(15)26)32(29,30)24-14-21(16-6-5-11-23-13-16)31(27,28)17-7-3-2-4-8-17/h2-13,15,21,24H,14H2,1H3,(H,25,26). The molecular weight excluding hydrogens is 450 g/mol. The van der Waals surface area contributed by atoms with Crippen LogP contribution in [0.25, 0.3) is 0 Å². The Balaban J connectivity index is 1.65. The molecule has 1 aliphatic rings. The zero-order valence-electron chi connectivity index (χ0n) is 17.1. The van der Waals surface area contributed by atoms with Crippen LogP contribution in [0, 0.1) is 0 Å². The highest BCUT2D eigenvalue weighted by atomic mass is 32.2. The van der Waals surface area contributed by atoms with Crippen molar-refractivity contribution >= 4 is 31.5 Å². The fraction of sp³-hybridized carbons (Fsp3) is 0.182. The molecule has 32 heavy (non-hydrogen) atoms. The fourth-order valence-electron chi connectivity index (χ4n) is 3.58. The predicted molar refractivity (Wildman–Crippen MR) is 119 cm³/mol. The zero-order chi connectivity index (χ0) is 22.9. The average Bonchev–Trinajstić information content (AvgIpc) is 3.08. The number of sulfonamides is 1. The Morgan fingerprint density at radius 2 is 1.75 bits per heavy atom. The lowest BCUT2D eigenvalue weighted by molar-refractivity contribution is -0.116. The Kier molecular flexibility index (Phi) is 5.85. The Morgan fingerprint density at radius 1 is 1.00 bits per heavy atom. The minimum absolute atomic E-state index is 0.0401. The molecule has 2 N–H and O–H groups in total.